The van der Waals surface area contributed by atoms with E-state index in [1.807, 2.05) is 23.7 Å². The van der Waals surface area contributed by atoms with E-state index in [-0.39, 0.29) is 0 Å². The third-order valence-corrected chi connectivity index (χ3v) is 3.09. The molecule has 0 amide bonds. The van der Waals surface area contributed by atoms with Gasteiger partial charge in [0.25, 0.3) is 0 Å². The summed E-state index contributed by atoms with van der Waals surface area (Å²) >= 11 is 0. The summed E-state index contributed by atoms with van der Waals surface area (Å²) in [5.41, 5.74) is 3.91. The second-order valence-electron chi connectivity index (χ2n) is 4.60. The largest absolute Gasteiger partial charge is 0.504 e. The molecule has 0 atom stereocenters. The fraction of sp³-hybridized carbons (Fsp3) is 0.400. The maximum Gasteiger partial charge on any atom is 0.160 e. The van der Waals surface area contributed by atoms with Crippen molar-refractivity contribution in [3.63, 3.8) is 0 Å². The summed E-state index contributed by atoms with van der Waals surface area (Å²) in [6.45, 7) is 6.20. The minimum absolute atomic E-state index is 0.362. The van der Waals surface area contributed by atoms with Crippen LogP contribution in [0.25, 0.3) is 5.69 Å². The van der Waals surface area contributed by atoms with Gasteiger partial charge in [-0.25, -0.2) is 4.68 Å². The van der Waals surface area contributed by atoms with Crippen molar-refractivity contribution in [1.29, 1.82) is 0 Å². The first-order valence-corrected chi connectivity index (χ1v) is 6.54. The lowest BCUT2D eigenvalue weighted by atomic mass is 10.2. The van der Waals surface area contributed by atoms with Gasteiger partial charge in [-0.2, -0.15) is 5.10 Å². The molecule has 0 radical (unpaired) electrons. The van der Waals surface area contributed by atoms with Crippen LogP contribution in [-0.4, -0.2) is 14.9 Å². The van der Waals surface area contributed by atoms with Crippen molar-refractivity contribution in [3.8, 4) is 11.4 Å². The zero-order valence-corrected chi connectivity index (χ0v) is 11.3. The van der Waals surface area contributed by atoms with Gasteiger partial charge >= 0.3 is 0 Å². The molecule has 0 spiro atoms. The summed E-state index contributed by atoms with van der Waals surface area (Å²) in [5.74, 6) is 0.362. The highest BCUT2D eigenvalue weighted by Crippen LogP contribution is 2.26. The second kappa shape index (κ2) is 5.25. The first-order valence-electron chi connectivity index (χ1n) is 6.54. The van der Waals surface area contributed by atoms with Crippen LogP contribution in [0.5, 0.6) is 5.75 Å². The van der Waals surface area contributed by atoms with Gasteiger partial charge in [-0.1, -0.05) is 32.4 Å². The first kappa shape index (κ1) is 12.7. The van der Waals surface area contributed by atoms with Crippen molar-refractivity contribution in [2.24, 2.45) is 0 Å². The van der Waals surface area contributed by atoms with E-state index in [4.69, 9.17) is 0 Å². The smallest absolute Gasteiger partial charge is 0.160 e. The number of aromatic nitrogens is 2. The van der Waals surface area contributed by atoms with Gasteiger partial charge in [-0.15, -0.1) is 0 Å². The van der Waals surface area contributed by atoms with Crippen molar-refractivity contribution >= 4 is 0 Å². The summed E-state index contributed by atoms with van der Waals surface area (Å²) < 4.78 is 1.87. The lowest BCUT2D eigenvalue weighted by molar-refractivity contribution is 0.461. The van der Waals surface area contributed by atoms with Crippen molar-refractivity contribution < 1.29 is 5.11 Å². The molecule has 0 saturated heterocycles. The molecule has 2 rings (SSSR count). The topological polar surface area (TPSA) is 38.0 Å². The Morgan fingerprint density at radius 3 is 2.67 bits per heavy atom. The van der Waals surface area contributed by atoms with Gasteiger partial charge in [-0.05, 0) is 37.5 Å². The van der Waals surface area contributed by atoms with E-state index < -0.39 is 0 Å². The van der Waals surface area contributed by atoms with Crippen LogP contribution in [0.2, 0.25) is 0 Å². The van der Waals surface area contributed by atoms with E-state index in [0.717, 1.165) is 36.3 Å². The molecule has 0 fully saturated rings. The summed E-state index contributed by atoms with van der Waals surface area (Å²) in [4.78, 5) is 0. The van der Waals surface area contributed by atoms with Gasteiger partial charge in [0.05, 0.1) is 11.4 Å². The first-order chi connectivity index (χ1) is 8.67. The third-order valence-electron chi connectivity index (χ3n) is 3.09. The van der Waals surface area contributed by atoms with E-state index in [1.165, 1.54) is 5.56 Å². The average molecular weight is 244 g/mol. The predicted molar refractivity (Wildman–Crippen MR) is 73.3 cm³/mol. The fourth-order valence-corrected chi connectivity index (χ4v) is 2.19. The molecule has 0 saturated carbocycles. The minimum Gasteiger partial charge on any atom is -0.504 e. The molecule has 3 heteroatoms. The maximum atomic E-state index is 10.2. The summed E-state index contributed by atoms with van der Waals surface area (Å²) in [6, 6.07) is 8.18. The van der Waals surface area contributed by atoms with Gasteiger partial charge in [0.1, 0.15) is 5.69 Å². The molecule has 1 heterocycles. The van der Waals surface area contributed by atoms with Crippen molar-refractivity contribution in [2.45, 2.75) is 40.0 Å². The molecular weight excluding hydrogens is 224 g/mol. The van der Waals surface area contributed by atoms with E-state index in [1.54, 1.807) is 0 Å². The summed E-state index contributed by atoms with van der Waals surface area (Å²) in [5, 5.41) is 14.7. The van der Waals surface area contributed by atoms with Gasteiger partial charge in [-0.3, -0.25) is 0 Å². The highest BCUT2D eigenvalue weighted by atomic mass is 16.3. The van der Waals surface area contributed by atoms with Crippen molar-refractivity contribution in [2.75, 3.05) is 0 Å². The Labute approximate surface area is 108 Å². The fourth-order valence-electron chi connectivity index (χ4n) is 2.19. The van der Waals surface area contributed by atoms with Crippen LogP contribution in [-0.2, 0) is 12.8 Å². The molecular formula is C15H20N2O. The van der Waals surface area contributed by atoms with E-state index in [2.05, 4.69) is 31.1 Å². The van der Waals surface area contributed by atoms with E-state index >= 15 is 0 Å². The molecule has 0 unspecified atom stereocenters. The van der Waals surface area contributed by atoms with Crippen molar-refractivity contribution in [1.82, 2.24) is 9.78 Å². The molecule has 1 N–H and O–H groups in total. The van der Waals surface area contributed by atoms with Crippen LogP contribution < -0.4 is 0 Å². The number of rotatable bonds is 4. The Hall–Kier alpha value is -1.77. The number of aryl methyl sites for hydroxylation is 2. The monoisotopic (exact) mass is 244 g/mol. The van der Waals surface area contributed by atoms with Gasteiger partial charge in [0.2, 0.25) is 0 Å². The van der Waals surface area contributed by atoms with Crippen LogP contribution in [0.1, 0.15) is 37.2 Å². The lowest BCUT2D eigenvalue weighted by Crippen LogP contribution is -2.01. The molecule has 0 aliphatic rings. The van der Waals surface area contributed by atoms with Crippen LogP contribution in [0, 0.1) is 6.92 Å². The number of benzene rings is 1. The highest BCUT2D eigenvalue weighted by molar-refractivity contribution is 5.42. The van der Waals surface area contributed by atoms with Crippen LogP contribution in [0.15, 0.2) is 24.3 Å². The molecule has 3 nitrogen and oxygen atoms in total. The van der Waals surface area contributed by atoms with Gasteiger partial charge in [0.15, 0.2) is 5.75 Å². The highest BCUT2D eigenvalue weighted by Gasteiger charge is 2.16. The summed E-state index contributed by atoms with van der Waals surface area (Å²) in [7, 11) is 0. The Morgan fingerprint density at radius 1 is 1.28 bits per heavy atom. The Balaban J connectivity index is 2.53. The van der Waals surface area contributed by atoms with Crippen molar-refractivity contribution in [3.05, 3.63) is 41.2 Å². The quantitative estimate of drug-likeness (QED) is 0.895. The van der Waals surface area contributed by atoms with Crippen LogP contribution >= 0.6 is 0 Å². The molecule has 1 aromatic carbocycles. The lowest BCUT2D eigenvalue weighted by Gasteiger charge is -2.06. The molecule has 0 aliphatic heterocycles. The Kier molecular flexibility index (Phi) is 3.70. The number of hydrogen-bond acceptors (Lipinski definition) is 2. The zero-order chi connectivity index (χ0) is 13.1. The molecule has 0 aliphatic carbocycles. The number of hydrogen-bond donors (Lipinski definition) is 1. The molecule has 96 valence electrons. The van der Waals surface area contributed by atoms with E-state index in [9.17, 15) is 5.11 Å². The van der Waals surface area contributed by atoms with Gasteiger partial charge in [0, 0.05) is 0 Å². The minimum atomic E-state index is 0.362. The normalized spacial score (nSPS) is 10.8. The summed E-state index contributed by atoms with van der Waals surface area (Å²) in [6.07, 6.45) is 2.58. The Morgan fingerprint density at radius 2 is 2.06 bits per heavy atom. The van der Waals surface area contributed by atoms with E-state index in [0.29, 0.717) is 5.75 Å². The SMILES string of the molecule is CCCc1nn(-c2cccc(C)c2)c(CC)c1O. The van der Waals surface area contributed by atoms with Crippen LogP contribution in [0.4, 0.5) is 0 Å². The maximum absolute atomic E-state index is 10.2. The molecule has 2 aromatic rings. The number of nitrogens with zero attached hydrogens (tertiary/aromatic N) is 2. The Bertz CT molecular complexity index is 543. The predicted octanol–water partition coefficient (Wildman–Crippen LogP) is 3.40. The molecule has 0 bridgehead atoms. The third kappa shape index (κ3) is 2.26. The zero-order valence-electron chi connectivity index (χ0n) is 11.3. The number of aromatic hydroxyl groups is 1. The standard InChI is InChI=1S/C15H20N2O/c1-4-7-13-15(18)14(5-2)17(16-13)12-9-6-8-11(3)10-12/h6,8-10,18H,4-5,7H2,1-3H3. The second-order valence-corrected chi connectivity index (χ2v) is 4.60. The van der Waals surface area contributed by atoms with Crippen LogP contribution in [0.3, 0.4) is 0 Å². The molecule has 18 heavy (non-hydrogen) atoms. The molecule has 1 aromatic heterocycles. The average Bonchev–Trinajstić information content (AvgIpc) is 2.67. The van der Waals surface area contributed by atoms with Gasteiger partial charge < -0.3 is 5.11 Å².